The van der Waals surface area contributed by atoms with Crippen molar-refractivity contribution in [1.82, 2.24) is 29.5 Å². The van der Waals surface area contributed by atoms with Crippen LogP contribution in [-0.2, 0) is 22.3 Å². The largest absolute Gasteiger partial charge is 0.462 e. The molecule has 0 saturated heterocycles. The molecule has 4 N–H and O–H groups in total. The summed E-state index contributed by atoms with van der Waals surface area (Å²) in [7, 11) is 0. The normalized spacial score (nSPS) is 15.1. The number of hydrogen-bond donors (Lipinski definition) is 2. The molecule has 0 amide bonds. The molecule has 13 heteroatoms. The lowest BCUT2D eigenvalue weighted by Crippen LogP contribution is -2.14. The van der Waals surface area contributed by atoms with E-state index in [1.54, 1.807) is 25.2 Å². The van der Waals surface area contributed by atoms with E-state index in [-0.39, 0.29) is 41.9 Å². The summed E-state index contributed by atoms with van der Waals surface area (Å²) < 4.78 is 12.9. The summed E-state index contributed by atoms with van der Waals surface area (Å²) in [5, 5.41) is 9.43. The van der Waals surface area contributed by atoms with E-state index in [1.165, 1.54) is 26.6 Å². The van der Waals surface area contributed by atoms with Crippen LogP contribution in [-0.4, -0.2) is 54.7 Å². The number of nitrogens with two attached hydrogens (primary N) is 2. The van der Waals surface area contributed by atoms with Crippen LogP contribution in [0, 0.1) is 5.92 Å². The van der Waals surface area contributed by atoms with Gasteiger partial charge in [-0.3, -0.25) is 0 Å². The zero-order valence-corrected chi connectivity index (χ0v) is 21.0. The lowest BCUT2D eigenvalue weighted by atomic mass is 9.89. The van der Waals surface area contributed by atoms with Crippen LogP contribution < -0.4 is 11.5 Å². The molecule has 4 aromatic rings. The Hall–Kier alpha value is -4.00. The topological polar surface area (TPSA) is 166 Å². The Balaban J connectivity index is 1.72. The van der Waals surface area contributed by atoms with Crippen molar-refractivity contribution >= 4 is 45.1 Å². The number of anilines is 2. The molecule has 0 aliphatic heterocycles. The van der Waals surface area contributed by atoms with Gasteiger partial charge in [0.05, 0.1) is 31.0 Å². The number of ether oxygens (including phenoxy) is 2. The van der Waals surface area contributed by atoms with Crippen LogP contribution in [0.25, 0.3) is 22.0 Å². The van der Waals surface area contributed by atoms with Gasteiger partial charge >= 0.3 is 11.9 Å². The fourth-order valence-corrected chi connectivity index (χ4v) is 5.71. The third-order valence-corrected chi connectivity index (χ3v) is 7.27. The Morgan fingerprint density at radius 2 is 1.64 bits per heavy atom. The van der Waals surface area contributed by atoms with Gasteiger partial charge in [-0.1, -0.05) is 6.92 Å². The van der Waals surface area contributed by atoms with Crippen molar-refractivity contribution in [3.05, 3.63) is 34.0 Å². The van der Waals surface area contributed by atoms with Crippen molar-refractivity contribution in [3.8, 4) is 11.8 Å². The number of thiophene rings is 1. The Bertz CT molecular complexity index is 1490. The van der Waals surface area contributed by atoms with E-state index in [1.807, 2.05) is 0 Å². The van der Waals surface area contributed by atoms with E-state index in [2.05, 4.69) is 17.1 Å². The Kier molecular flexibility index (Phi) is 6.08. The number of carbonyl (C=O) groups is 2. The quantitative estimate of drug-likeness (QED) is 0.368. The van der Waals surface area contributed by atoms with Crippen molar-refractivity contribution in [2.45, 2.75) is 40.0 Å². The van der Waals surface area contributed by atoms with Gasteiger partial charge in [0.1, 0.15) is 27.6 Å². The molecule has 0 saturated carbocycles. The first kappa shape index (κ1) is 23.7. The molecule has 1 aliphatic rings. The summed E-state index contributed by atoms with van der Waals surface area (Å²) in [6, 6.07) is 0. The van der Waals surface area contributed by atoms with Gasteiger partial charge in [-0.15, -0.1) is 11.3 Å². The first-order valence-electron chi connectivity index (χ1n) is 11.7. The van der Waals surface area contributed by atoms with Gasteiger partial charge in [0.25, 0.3) is 5.95 Å². The number of carbonyl (C=O) groups excluding carboxylic acids is 2. The average Bonchev–Trinajstić information content (AvgIpc) is 3.52. The van der Waals surface area contributed by atoms with E-state index < -0.39 is 11.9 Å². The SMILES string of the molecule is CCOC(=O)c1cnn(-c2nc(-n3ncc(C(=O)OCC)c3N)c3c4c(sc3n2)C[C@H](C)CC4)c1N. The van der Waals surface area contributed by atoms with Crippen molar-refractivity contribution in [1.29, 1.82) is 0 Å². The van der Waals surface area contributed by atoms with Gasteiger partial charge in [-0.05, 0) is 44.6 Å². The standard InChI is InChI=1S/C23H26N8O4S/c1-4-34-21(32)13-9-26-30(17(13)24)19-16-12-7-6-11(3)8-15(12)36-20(16)29-23(28-19)31-18(25)14(10-27-31)22(33)35-5-2/h9-11H,4-8,24-25H2,1-3H3/t11-/m1/s1. The van der Waals surface area contributed by atoms with Gasteiger partial charge in [-0.2, -0.15) is 29.5 Å². The summed E-state index contributed by atoms with van der Waals surface area (Å²) in [5.41, 5.74) is 14.0. The molecule has 0 bridgehead atoms. The highest BCUT2D eigenvalue weighted by molar-refractivity contribution is 7.19. The molecule has 0 unspecified atom stereocenters. The van der Waals surface area contributed by atoms with Crippen LogP contribution in [0.4, 0.5) is 11.6 Å². The maximum absolute atomic E-state index is 12.4. The molecule has 0 aromatic carbocycles. The van der Waals surface area contributed by atoms with E-state index in [9.17, 15) is 9.59 Å². The fourth-order valence-electron chi connectivity index (χ4n) is 4.34. The molecule has 5 rings (SSSR count). The maximum atomic E-state index is 12.4. The molecule has 36 heavy (non-hydrogen) atoms. The Labute approximate surface area is 210 Å². The zero-order chi connectivity index (χ0) is 25.6. The minimum absolute atomic E-state index is 0.0503. The van der Waals surface area contributed by atoms with Crippen molar-refractivity contribution < 1.29 is 19.1 Å². The number of aryl methyl sites for hydroxylation is 1. The van der Waals surface area contributed by atoms with Gasteiger partial charge in [0.15, 0.2) is 5.82 Å². The monoisotopic (exact) mass is 510 g/mol. The van der Waals surface area contributed by atoms with E-state index in [0.29, 0.717) is 16.6 Å². The van der Waals surface area contributed by atoms with Crippen LogP contribution in [0.3, 0.4) is 0 Å². The number of rotatable bonds is 6. The average molecular weight is 511 g/mol. The highest BCUT2D eigenvalue weighted by atomic mass is 32.1. The van der Waals surface area contributed by atoms with Gasteiger partial charge in [0.2, 0.25) is 0 Å². The zero-order valence-electron chi connectivity index (χ0n) is 20.1. The first-order valence-corrected chi connectivity index (χ1v) is 12.5. The second-order valence-corrected chi connectivity index (χ2v) is 9.61. The van der Waals surface area contributed by atoms with Crippen molar-refractivity contribution in [2.24, 2.45) is 5.92 Å². The predicted molar refractivity (Wildman–Crippen MR) is 134 cm³/mol. The van der Waals surface area contributed by atoms with Gasteiger partial charge in [0, 0.05) is 4.88 Å². The number of fused-ring (bicyclic) bond motifs is 3. The lowest BCUT2D eigenvalue weighted by Gasteiger charge is -2.18. The van der Waals surface area contributed by atoms with E-state index >= 15 is 0 Å². The highest BCUT2D eigenvalue weighted by Crippen LogP contribution is 2.40. The molecule has 0 fully saturated rings. The number of esters is 2. The highest BCUT2D eigenvalue weighted by Gasteiger charge is 2.28. The summed E-state index contributed by atoms with van der Waals surface area (Å²) >= 11 is 1.58. The second kappa shape index (κ2) is 9.22. The van der Waals surface area contributed by atoms with Crippen LogP contribution >= 0.6 is 11.3 Å². The smallest absolute Gasteiger partial charge is 0.343 e. The molecular formula is C23H26N8O4S. The summed E-state index contributed by atoms with van der Waals surface area (Å²) in [6.07, 6.45) is 5.53. The predicted octanol–water partition coefficient (Wildman–Crippen LogP) is 2.71. The number of aromatic nitrogens is 6. The Morgan fingerprint density at radius 1 is 1.03 bits per heavy atom. The van der Waals surface area contributed by atoms with Crippen molar-refractivity contribution in [3.63, 3.8) is 0 Å². The van der Waals surface area contributed by atoms with Crippen LogP contribution in [0.15, 0.2) is 12.4 Å². The van der Waals surface area contributed by atoms with Gasteiger partial charge < -0.3 is 20.9 Å². The molecule has 4 aromatic heterocycles. The van der Waals surface area contributed by atoms with Crippen LogP contribution in [0.1, 0.15) is 58.3 Å². The van der Waals surface area contributed by atoms with Crippen LogP contribution in [0.5, 0.6) is 0 Å². The molecule has 0 spiro atoms. The third kappa shape index (κ3) is 3.85. The number of nitrogen functional groups attached to an aromatic ring is 2. The summed E-state index contributed by atoms with van der Waals surface area (Å²) in [6.45, 7) is 6.07. The minimum Gasteiger partial charge on any atom is -0.462 e. The maximum Gasteiger partial charge on any atom is 0.343 e. The first-order chi connectivity index (χ1) is 17.3. The Morgan fingerprint density at radius 3 is 2.28 bits per heavy atom. The molecule has 1 atom stereocenters. The molecular weight excluding hydrogens is 484 g/mol. The molecule has 1 aliphatic carbocycles. The lowest BCUT2D eigenvalue weighted by molar-refractivity contribution is 0.0518. The van der Waals surface area contributed by atoms with Crippen molar-refractivity contribution in [2.75, 3.05) is 24.7 Å². The molecule has 188 valence electrons. The molecule has 4 heterocycles. The second-order valence-electron chi connectivity index (χ2n) is 8.53. The fraction of sp³-hybridized carbons (Fsp3) is 0.391. The number of hydrogen-bond acceptors (Lipinski definition) is 11. The summed E-state index contributed by atoms with van der Waals surface area (Å²) in [5.74, 6) is 0.105. The van der Waals surface area contributed by atoms with E-state index in [4.69, 9.17) is 30.9 Å². The van der Waals surface area contributed by atoms with E-state index in [0.717, 1.165) is 30.2 Å². The molecule has 12 nitrogen and oxygen atoms in total. The van der Waals surface area contributed by atoms with Crippen LogP contribution in [0.2, 0.25) is 0 Å². The minimum atomic E-state index is -0.585. The van der Waals surface area contributed by atoms with Gasteiger partial charge in [-0.25, -0.2) is 9.59 Å². The number of nitrogens with zero attached hydrogens (tertiary/aromatic N) is 6. The molecule has 0 radical (unpaired) electrons. The third-order valence-electron chi connectivity index (χ3n) is 6.12. The summed E-state index contributed by atoms with van der Waals surface area (Å²) in [4.78, 5) is 36.1.